The van der Waals surface area contributed by atoms with E-state index < -0.39 is 0 Å². The number of benzene rings is 1. The maximum atomic E-state index is 12.7. The lowest BCUT2D eigenvalue weighted by atomic mass is 10.1. The Labute approximate surface area is 150 Å². The first-order valence-electron chi connectivity index (χ1n) is 7.72. The van der Waals surface area contributed by atoms with E-state index in [1.165, 1.54) is 11.8 Å². The second-order valence-corrected chi connectivity index (χ2v) is 7.19. The van der Waals surface area contributed by atoms with E-state index in [-0.39, 0.29) is 12.0 Å². The molecular weight excluding hydrogens is 346 g/mol. The highest BCUT2D eigenvalue weighted by Crippen LogP contribution is 2.37. The fraction of sp³-hybridized carbons (Fsp3) is 0.412. The van der Waals surface area contributed by atoms with Crippen LogP contribution in [0.25, 0.3) is 6.08 Å². The molecule has 2 heterocycles. The fourth-order valence-electron chi connectivity index (χ4n) is 2.82. The average Bonchev–Trinajstić information content (AvgIpc) is 3.19. The Hall–Kier alpha value is -1.57. The second kappa shape index (κ2) is 7.55. The first-order valence-corrected chi connectivity index (χ1v) is 8.94. The summed E-state index contributed by atoms with van der Waals surface area (Å²) in [6.07, 6.45) is 3.89. The Balaban J connectivity index is 1.83. The molecule has 0 aliphatic carbocycles. The van der Waals surface area contributed by atoms with Gasteiger partial charge in [-0.1, -0.05) is 36.1 Å². The molecule has 0 bridgehead atoms. The summed E-state index contributed by atoms with van der Waals surface area (Å²) in [5.74, 6) is 1.15. The van der Waals surface area contributed by atoms with Crippen molar-refractivity contribution < 1.29 is 19.0 Å². The van der Waals surface area contributed by atoms with E-state index >= 15 is 0 Å². The predicted molar refractivity (Wildman–Crippen MR) is 98.4 cm³/mol. The zero-order valence-corrected chi connectivity index (χ0v) is 15.2. The smallest absolute Gasteiger partial charge is 0.266 e. The summed E-state index contributed by atoms with van der Waals surface area (Å²) in [6.45, 7) is 1.29. The van der Waals surface area contributed by atoms with Crippen molar-refractivity contribution in [1.82, 2.24) is 4.90 Å². The molecule has 0 N–H and O–H groups in total. The van der Waals surface area contributed by atoms with Gasteiger partial charge in [-0.15, -0.1) is 0 Å². The van der Waals surface area contributed by atoms with Crippen molar-refractivity contribution >= 4 is 40.3 Å². The topological polar surface area (TPSA) is 48.0 Å². The molecule has 1 aromatic rings. The number of thiocarbonyl (C=S) groups is 1. The van der Waals surface area contributed by atoms with Crippen LogP contribution in [0.5, 0.6) is 11.5 Å². The van der Waals surface area contributed by atoms with E-state index in [4.69, 9.17) is 26.4 Å². The lowest BCUT2D eigenvalue weighted by molar-refractivity contribution is -0.123. The van der Waals surface area contributed by atoms with E-state index in [9.17, 15) is 4.79 Å². The first-order chi connectivity index (χ1) is 11.6. The molecule has 1 aromatic carbocycles. The van der Waals surface area contributed by atoms with Gasteiger partial charge in [-0.25, -0.2) is 0 Å². The quantitative estimate of drug-likeness (QED) is 0.590. The van der Waals surface area contributed by atoms with E-state index in [1.54, 1.807) is 25.2 Å². The molecule has 2 saturated heterocycles. The van der Waals surface area contributed by atoms with Crippen LogP contribution in [-0.2, 0) is 9.53 Å². The van der Waals surface area contributed by atoms with Crippen molar-refractivity contribution in [3.05, 3.63) is 28.7 Å². The van der Waals surface area contributed by atoms with Crippen LogP contribution >= 0.6 is 24.0 Å². The zero-order chi connectivity index (χ0) is 17.1. The van der Waals surface area contributed by atoms with Crippen molar-refractivity contribution in [3.63, 3.8) is 0 Å². The highest BCUT2D eigenvalue weighted by atomic mass is 32.2. The standard InChI is InChI=1S/C17H19NO4S2/c1-20-13-7-3-5-11(15(13)21-2)9-14-16(19)18(17(23)24-14)10-12-6-4-8-22-12/h3,5,7,9,12H,4,6,8,10H2,1-2H3. The molecule has 0 radical (unpaired) electrons. The third-order valence-corrected chi connectivity index (χ3v) is 5.38. The molecule has 0 spiro atoms. The normalized spacial score (nSPS) is 22.5. The molecule has 0 saturated carbocycles. The Kier molecular flexibility index (Phi) is 5.43. The van der Waals surface area contributed by atoms with Crippen LogP contribution in [0.3, 0.4) is 0 Å². The van der Waals surface area contributed by atoms with Crippen LogP contribution in [0, 0.1) is 0 Å². The van der Waals surface area contributed by atoms with Gasteiger partial charge in [-0.3, -0.25) is 9.69 Å². The van der Waals surface area contributed by atoms with Gasteiger partial charge in [0.15, 0.2) is 11.5 Å². The summed E-state index contributed by atoms with van der Waals surface area (Å²) < 4.78 is 16.9. The van der Waals surface area contributed by atoms with Gasteiger partial charge >= 0.3 is 0 Å². The lowest BCUT2D eigenvalue weighted by Gasteiger charge is -2.18. The molecule has 2 aliphatic heterocycles. The van der Waals surface area contributed by atoms with E-state index in [1.807, 2.05) is 18.2 Å². The van der Waals surface area contributed by atoms with E-state index in [0.717, 1.165) is 25.0 Å². The largest absolute Gasteiger partial charge is 0.493 e. The molecule has 128 valence electrons. The van der Waals surface area contributed by atoms with Crippen LogP contribution in [-0.4, -0.2) is 48.6 Å². The molecule has 24 heavy (non-hydrogen) atoms. The minimum absolute atomic E-state index is 0.0784. The van der Waals surface area contributed by atoms with Crippen LogP contribution < -0.4 is 9.47 Å². The molecule has 3 rings (SSSR count). The third kappa shape index (κ3) is 3.43. The highest BCUT2D eigenvalue weighted by Gasteiger charge is 2.34. The summed E-state index contributed by atoms with van der Waals surface area (Å²) in [5, 5.41) is 0. The van der Waals surface area contributed by atoms with Gasteiger partial charge in [0.25, 0.3) is 5.91 Å². The number of rotatable bonds is 5. The van der Waals surface area contributed by atoms with Gasteiger partial charge in [0, 0.05) is 12.2 Å². The number of para-hydroxylation sites is 1. The summed E-state index contributed by atoms with van der Waals surface area (Å²) in [4.78, 5) is 14.9. The number of nitrogens with zero attached hydrogens (tertiary/aromatic N) is 1. The SMILES string of the molecule is COc1cccc(C=C2SC(=S)N(CC3CCCO3)C2=O)c1OC. The molecular formula is C17H19NO4S2. The minimum Gasteiger partial charge on any atom is -0.493 e. The fourth-order valence-corrected chi connectivity index (χ4v) is 4.08. The van der Waals surface area contributed by atoms with E-state index in [2.05, 4.69) is 0 Å². The number of hydrogen-bond donors (Lipinski definition) is 0. The first kappa shape index (κ1) is 17.3. The Morgan fingerprint density at radius 2 is 2.25 bits per heavy atom. The number of carbonyl (C=O) groups excluding carboxylic acids is 1. The molecule has 2 fully saturated rings. The molecule has 5 nitrogen and oxygen atoms in total. The van der Waals surface area contributed by atoms with Gasteiger partial charge in [-0.05, 0) is 25.0 Å². The molecule has 0 aromatic heterocycles. The van der Waals surface area contributed by atoms with Gasteiger partial charge < -0.3 is 14.2 Å². The number of ether oxygens (including phenoxy) is 3. The van der Waals surface area contributed by atoms with Gasteiger partial charge in [0.05, 0.1) is 31.8 Å². The Morgan fingerprint density at radius 1 is 1.42 bits per heavy atom. The number of carbonyl (C=O) groups is 1. The summed E-state index contributed by atoms with van der Waals surface area (Å²) in [6, 6.07) is 5.56. The van der Waals surface area contributed by atoms with Gasteiger partial charge in [-0.2, -0.15) is 0 Å². The maximum Gasteiger partial charge on any atom is 0.266 e. The van der Waals surface area contributed by atoms with Crippen molar-refractivity contribution in [2.24, 2.45) is 0 Å². The Bertz CT molecular complexity index is 683. The summed E-state index contributed by atoms with van der Waals surface area (Å²) >= 11 is 6.68. The lowest BCUT2D eigenvalue weighted by Crippen LogP contribution is -2.35. The maximum absolute atomic E-state index is 12.7. The highest BCUT2D eigenvalue weighted by molar-refractivity contribution is 8.26. The van der Waals surface area contributed by atoms with Crippen LogP contribution in [0.1, 0.15) is 18.4 Å². The molecule has 1 atom stereocenters. The third-order valence-electron chi connectivity index (χ3n) is 4.00. The van der Waals surface area contributed by atoms with E-state index in [0.29, 0.717) is 27.3 Å². The molecule has 1 amide bonds. The molecule has 1 unspecified atom stereocenters. The number of methoxy groups -OCH3 is 2. The number of amides is 1. The van der Waals surface area contributed by atoms with Crippen LogP contribution in [0.2, 0.25) is 0 Å². The van der Waals surface area contributed by atoms with Crippen molar-refractivity contribution in [1.29, 1.82) is 0 Å². The summed E-state index contributed by atoms with van der Waals surface area (Å²) in [7, 11) is 3.17. The van der Waals surface area contributed by atoms with Crippen molar-refractivity contribution in [3.8, 4) is 11.5 Å². The minimum atomic E-state index is -0.0784. The van der Waals surface area contributed by atoms with Crippen molar-refractivity contribution in [2.75, 3.05) is 27.4 Å². The average molecular weight is 365 g/mol. The summed E-state index contributed by atoms with van der Waals surface area (Å²) in [5.41, 5.74) is 0.787. The second-order valence-electron chi connectivity index (χ2n) is 5.51. The van der Waals surface area contributed by atoms with Gasteiger partial charge in [0.2, 0.25) is 0 Å². The molecule has 7 heteroatoms. The molecule has 2 aliphatic rings. The van der Waals surface area contributed by atoms with Gasteiger partial charge in [0.1, 0.15) is 4.32 Å². The number of thioether (sulfide) groups is 1. The monoisotopic (exact) mass is 365 g/mol. The van der Waals surface area contributed by atoms with Crippen molar-refractivity contribution in [2.45, 2.75) is 18.9 Å². The predicted octanol–water partition coefficient (Wildman–Crippen LogP) is 3.08. The van der Waals surface area contributed by atoms with Crippen LogP contribution in [0.4, 0.5) is 0 Å². The number of hydrogen-bond acceptors (Lipinski definition) is 6. The Morgan fingerprint density at radius 3 is 2.92 bits per heavy atom. The van der Waals surface area contributed by atoms with Crippen LogP contribution in [0.15, 0.2) is 23.1 Å². The zero-order valence-electron chi connectivity index (χ0n) is 13.6.